The van der Waals surface area contributed by atoms with Crippen LogP contribution in [0.4, 0.5) is 5.69 Å². The first-order valence-electron chi connectivity index (χ1n) is 9.89. The number of carbonyl (C=O) groups excluding carboxylic acids is 2. The number of hydrogen-bond acceptors (Lipinski definition) is 3. The molecule has 0 bridgehead atoms. The number of likely N-dealkylation sites (N-methyl/N-ethyl adjacent to an activating group) is 1. The van der Waals surface area contributed by atoms with Crippen molar-refractivity contribution >= 4 is 39.2 Å². The molecule has 5 heteroatoms. The van der Waals surface area contributed by atoms with Gasteiger partial charge in [-0.3, -0.25) is 9.59 Å². The van der Waals surface area contributed by atoms with Gasteiger partial charge in [-0.1, -0.05) is 54.6 Å². The summed E-state index contributed by atoms with van der Waals surface area (Å²) in [5.41, 5.74) is 4.23. The van der Waals surface area contributed by atoms with Crippen LogP contribution >= 0.6 is 0 Å². The number of rotatable bonds is 4. The average molecular weight is 400 g/mol. The van der Waals surface area contributed by atoms with Crippen molar-refractivity contribution < 1.29 is 14.0 Å². The smallest absolute Gasteiger partial charge is 0.290 e. The normalized spacial score (nSPS) is 11.1. The van der Waals surface area contributed by atoms with E-state index in [1.54, 1.807) is 7.05 Å². The highest BCUT2D eigenvalue weighted by atomic mass is 16.3. The lowest BCUT2D eigenvalue weighted by Gasteiger charge is -2.17. The second-order valence-corrected chi connectivity index (χ2v) is 7.70. The van der Waals surface area contributed by atoms with Gasteiger partial charge in [-0.2, -0.15) is 0 Å². The van der Waals surface area contributed by atoms with Crippen molar-refractivity contribution in [2.24, 2.45) is 0 Å². The van der Waals surface area contributed by atoms with E-state index in [1.165, 1.54) is 4.90 Å². The average Bonchev–Trinajstić information content (AvgIpc) is 3.07. The number of nitrogens with zero attached hydrogens (tertiary/aromatic N) is 1. The van der Waals surface area contributed by atoms with E-state index in [9.17, 15) is 9.59 Å². The second-order valence-electron chi connectivity index (χ2n) is 7.70. The van der Waals surface area contributed by atoms with Gasteiger partial charge >= 0.3 is 0 Å². The topological polar surface area (TPSA) is 62.6 Å². The fourth-order valence-electron chi connectivity index (χ4n) is 3.80. The van der Waals surface area contributed by atoms with E-state index in [4.69, 9.17) is 4.42 Å². The monoisotopic (exact) mass is 400 g/mol. The maximum Gasteiger partial charge on any atom is 0.290 e. The van der Waals surface area contributed by atoms with Gasteiger partial charge in [0.15, 0.2) is 5.76 Å². The van der Waals surface area contributed by atoms with Gasteiger partial charge < -0.3 is 14.6 Å². The van der Waals surface area contributed by atoms with E-state index in [0.29, 0.717) is 5.58 Å². The molecule has 4 rings (SSSR count). The van der Waals surface area contributed by atoms with Crippen LogP contribution in [0.2, 0.25) is 0 Å². The van der Waals surface area contributed by atoms with Crippen LogP contribution in [-0.2, 0) is 4.79 Å². The first-order chi connectivity index (χ1) is 14.4. The number of nitrogens with one attached hydrogen (secondary N) is 1. The molecule has 30 heavy (non-hydrogen) atoms. The fourth-order valence-corrected chi connectivity index (χ4v) is 3.80. The minimum absolute atomic E-state index is 0.0656. The summed E-state index contributed by atoms with van der Waals surface area (Å²) in [6, 6.07) is 17.7. The Kier molecular flexibility index (Phi) is 5.04. The second kappa shape index (κ2) is 7.67. The first-order valence-corrected chi connectivity index (χ1v) is 9.89. The molecule has 0 unspecified atom stereocenters. The number of furan rings is 1. The van der Waals surface area contributed by atoms with Crippen molar-refractivity contribution in [3.63, 3.8) is 0 Å². The van der Waals surface area contributed by atoms with Gasteiger partial charge in [-0.05, 0) is 37.3 Å². The van der Waals surface area contributed by atoms with Crippen LogP contribution in [0.15, 0.2) is 59.0 Å². The van der Waals surface area contributed by atoms with Crippen LogP contribution < -0.4 is 5.32 Å². The largest absolute Gasteiger partial charge is 0.450 e. The molecular formula is C25H24N2O3. The predicted octanol–water partition coefficient (Wildman–Crippen LogP) is 5.22. The Morgan fingerprint density at radius 2 is 1.60 bits per heavy atom. The summed E-state index contributed by atoms with van der Waals surface area (Å²) in [7, 11) is 1.61. The third kappa shape index (κ3) is 3.43. The maximum atomic E-state index is 13.0. The molecule has 0 atom stereocenters. The molecule has 0 fully saturated rings. The van der Waals surface area contributed by atoms with Crippen molar-refractivity contribution in [3.05, 3.63) is 77.0 Å². The first kappa shape index (κ1) is 19.7. The Hall–Kier alpha value is -3.60. The van der Waals surface area contributed by atoms with Crippen molar-refractivity contribution in [2.45, 2.75) is 20.8 Å². The third-order valence-electron chi connectivity index (χ3n) is 5.50. The lowest BCUT2D eigenvalue weighted by Crippen LogP contribution is -2.35. The van der Waals surface area contributed by atoms with Gasteiger partial charge in [0.25, 0.3) is 5.91 Å². The van der Waals surface area contributed by atoms with E-state index in [2.05, 4.69) is 5.32 Å². The molecule has 4 aromatic rings. The molecule has 1 aromatic heterocycles. The van der Waals surface area contributed by atoms with E-state index in [-0.39, 0.29) is 24.1 Å². The maximum absolute atomic E-state index is 13.0. The van der Waals surface area contributed by atoms with Crippen molar-refractivity contribution in [2.75, 3.05) is 18.9 Å². The number of carbonyl (C=O) groups is 2. The molecule has 152 valence electrons. The zero-order chi connectivity index (χ0) is 21.4. The Morgan fingerprint density at radius 3 is 2.33 bits per heavy atom. The summed E-state index contributed by atoms with van der Waals surface area (Å²) in [5.74, 6) is -0.296. The summed E-state index contributed by atoms with van der Waals surface area (Å²) < 4.78 is 6.01. The Morgan fingerprint density at radius 1 is 0.900 bits per heavy atom. The van der Waals surface area contributed by atoms with Crippen LogP contribution in [0.3, 0.4) is 0 Å². The Labute approximate surface area is 175 Å². The SMILES string of the molecule is Cc1cccc(C)c1NC(=O)CN(C)C(=O)c1oc2c(ccc3ccccc32)c1C. The number of amides is 2. The highest BCUT2D eigenvalue weighted by molar-refractivity contribution is 6.09. The minimum Gasteiger partial charge on any atom is -0.450 e. The summed E-state index contributed by atoms with van der Waals surface area (Å²) in [5, 5.41) is 5.85. The Balaban J connectivity index is 1.58. The highest BCUT2D eigenvalue weighted by Crippen LogP contribution is 2.32. The molecule has 5 nitrogen and oxygen atoms in total. The molecule has 0 saturated heterocycles. The lowest BCUT2D eigenvalue weighted by atomic mass is 10.1. The van der Waals surface area contributed by atoms with Crippen LogP contribution in [0.25, 0.3) is 21.7 Å². The van der Waals surface area contributed by atoms with Crippen molar-refractivity contribution in [3.8, 4) is 0 Å². The number of hydrogen-bond donors (Lipinski definition) is 1. The summed E-state index contributed by atoms with van der Waals surface area (Å²) in [6.45, 7) is 5.70. The molecule has 3 aromatic carbocycles. The zero-order valence-electron chi connectivity index (χ0n) is 17.6. The molecule has 0 aliphatic carbocycles. The lowest BCUT2D eigenvalue weighted by molar-refractivity contribution is -0.116. The number of anilines is 1. The molecule has 2 amide bonds. The molecule has 1 heterocycles. The standard InChI is InChI=1S/C25H24N2O3/c1-15-8-7-9-16(2)22(15)26-21(28)14-27(4)25(29)23-17(3)19-13-12-18-10-5-6-11-20(18)24(19)30-23/h5-13H,14H2,1-4H3,(H,26,28). The fraction of sp³-hybridized carbons (Fsp3) is 0.200. The number of benzene rings is 3. The molecule has 0 aliphatic rings. The number of aryl methyl sites for hydroxylation is 3. The van der Waals surface area contributed by atoms with Gasteiger partial charge in [0.1, 0.15) is 5.58 Å². The molecular weight excluding hydrogens is 376 g/mol. The summed E-state index contributed by atoms with van der Waals surface area (Å²) in [6.07, 6.45) is 0. The minimum atomic E-state index is -0.315. The Bertz CT molecular complexity index is 1270. The summed E-state index contributed by atoms with van der Waals surface area (Å²) >= 11 is 0. The van der Waals surface area contributed by atoms with E-state index >= 15 is 0 Å². The zero-order valence-corrected chi connectivity index (χ0v) is 17.6. The van der Waals surface area contributed by atoms with Crippen LogP contribution in [0, 0.1) is 20.8 Å². The van der Waals surface area contributed by atoms with Gasteiger partial charge in [0, 0.05) is 29.1 Å². The van der Waals surface area contributed by atoms with Gasteiger partial charge in [0.05, 0.1) is 6.54 Å². The number of para-hydroxylation sites is 1. The highest BCUT2D eigenvalue weighted by Gasteiger charge is 2.23. The molecule has 1 N–H and O–H groups in total. The van der Waals surface area contributed by atoms with E-state index < -0.39 is 0 Å². The molecule has 0 radical (unpaired) electrons. The van der Waals surface area contributed by atoms with Crippen molar-refractivity contribution in [1.82, 2.24) is 4.90 Å². The summed E-state index contributed by atoms with van der Waals surface area (Å²) in [4.78, 5) is 27.0. The van der Waals surface area contributed by atoms with Gasteiger partial charge in [-0.15, -0.1) is 0 Å². The van der Waals surface area contributed by atoms with E-state index in [0.717, 1.165) is 38.5 Å². The quantitative estimate of drug-likeness (QED) is 0.511. The number of fused-ring (bicyclic) bond motifs is 3. The van der Waals surface area contributed by atoms with Crippen LogP contribution in [0.1, 0.15) is 27.2 Å². The van der Waals surface area contributed by atoms with Crippen molar-refractivity contribution in [1.29, 1.82) is 0 Å². The van der Waals surface area contributed by atoms with Gasteiger partial charge in [0.2, 0.25) is 5.91 Å². The van der Waals surface area contributed by atoms with Crippen LogP contribution in [-0.4, -0.2) is 30.3 Å². The predicted molar refractivity (Wildman–Crippen MR) is 120 cm³/mol. The van der Waals surface area contributed by atoms with Crippen LogP contribution in [0.5, 0.6) is 0 Å². The molecule has 0 aliphatic heterocycles. The van der Waals surface area contributed by atoms with E-state index in [1.807, 2.05) is 75.4 Å². The molecule has 0 saturated carbocycles. The third-order valence-corrected chi connectivity index (χ3v) is 5.50. The van der Waals surface area contributed by atoms with Gasteiger partial charge in [-0.25, -0.2) is 0 Å². The molecule has 0 spiro atoms.